The lowest BCUT2D eigenvalue weighted by Crippen LogP contribution is -2.42. The fraction of sp³-hybridized carbons (Fsp3) is 0.833. The van der Waals surface area contributed by atoms with Gasteiger partial charge < -0.3 is 16.2 Å². The lowest BCUT2D eigenvalue weighted by Gasteiger charge is -2.31. The van der Waals surface area contributed by atoms with Crippen LogP contribution in [-0.4, -0.2) is 24.7 Å². The van der Waals surface area contributed by atoms with Crippen molar-refractivity contribution in [3.05, 3.63) is 0 Å². The molecule has 1 fully saturated rings. The monoisotopic (exact) mass is 144 g/mol. The van der Waals surface area contributed by atoms with E-state index in [1.165, 1.54) is 0 Å². The van der Waals surface area contributed by atoms with Gasteiger partial charge in [0.15, 0.2) is 0 Å². The zero-order valence-electron chi connectivity index (χ0n) is 5.75. The summed E-state index contributed by atoms with van der Waals surface area (Å²) in [5.74, 6) is -0.416. The third-order valence-electron chi connectivity index (χ3n) is 1.59. The number of primary amides is 1. The summed E-state index contributed by atoms with van der Waals surface area (Å²) >= 11 is 0. The van der Waals surface area contributed by atoms with E-state index in [0.29, 0.717) is 0 Å². The number of carbonyl (C=O) groups is 1. The topological polar surface area (TPSA) is 78.3 Å². The Hall–Kier alpha value is -0.610. The van der Waals surface area contributed by atoms with Crippen molar-refractivity contribution in [3.63, 3.8) is 0 Å². The van der Waals surface area contributed by atoms with Crippen molar-refractivity contribution in [1.29, 1.82) is 0 Å². The van der Waals surface area contributed by atoms with E-state index < -0.39 is 5.91 Å². The Labute approximate surface area is 59.5 Å². The molecule has 0 saturated heterocycles. The van der Waals surface area contributed by atoms with Crippen molar-refractivity contribution < 1.29 is 9.53 Å². The number of carbonyl (C=O) groups excluding carboxylic acids is 1. The molecule has 4 N–H and O–H groups in total. The first-order valence-electron chi connectivity index (χ1n) is 3.34. The molecule has 0 bridgehead atoms. The zero-order valence-corrected chi connectivity index (χ0v) is 5.75. The fourth-order valence-corrected chi connectivity index (χ4v) is 0.942. The van der Waals surface area contributed by atoms with Crippen LogP contribution in [0.1, 0.15) is 12.8 Å². The highest BCUT2D eigenvalue weighted by Crippen LogP contribution is 2.20. The fourth-order valence-electron chi connectivity index (χ4n) is 0.942. The summed E-state index contributed by atoms with van der Waals surface area (Å²) in [6.07, 6.45) is 1.88. The summed E-state index contributed by atoms with van der Waals surface area (Å²) in [6.45, 7) is 0.0252. The Bertz CT molecular complexity index is 132. The molecule has 0 aromatic heterocycles. The molecule has 0 aromatic carbocycles. The highest BCUT2D eigenvalue weighted by Gasteiger charge is 2.26. The van der Waals surface area contributed by atoms with E-state index >= 15 is 0 Å². The molecule has 1 aliphatic rings. The Morgan fingerprint density at radius 1 is 1.60 bits per heavy atom. The highest BCUT2D eigenvalue weighted by atomic mass is 16.5. The van der Waals surface area contributed by atoms with Crippen LogP contribution in [0.15, 0.2) is 0 Å². The molecule has 0 spiro atoms. The second-order valence-electron chi connectivity index (χ2n) is 2.63. The third kappa shape index (κ3) is 1.97. The van der Waals surface area contributed by atoms with Crippen molar-refractivity contribution in [1.82, 2.24) is 0 Å². The van der Waals surface area contributed by atoms with Gasteiger partial charge >= 0.3 is 0 Å². The summed E-state index contributed by atoms with van der Waals surface area (Å²) in [5.41, 5.74) is 10.3. The van der Waals surface area contributed by atoms with E-state index in [4.69, 9.17) is 16.2 Å². The van der Waals surface area contributed by atoms with Crippen LogP contribution in [0.4, 0.5) is 0 Å². The van der Waals surface area contributed by atoms with Crippen LogP contribution in [0.2, 0.25) is 0 Å². The second-order valence-corrected chi connectivity index (χ2v) is 2.63. The van der Waals surface area contributed by atoms with E-state index in [1.54, 1.807) is 0 Å². The van der Waals surface area contributed by atoms with Gasteiger partial charge in [-0.1, -0.05) is 0 Å². The van der Waals surface area contributed by atoms with Gasteiger partial charge in [-0.05, 0) is 12.8 Å². The highest BCUT2D eigenvalue weighted by molar-refractivity contribution is 5.75. The maximum atomic E-state index is 10.2. The van der Waals surface area contributed by atoms with Gasteiger partial charge in [-0.15, -0.1) is 0 Å². The first kappa shape index (κ1) is 7.50. The molecule has 0 atom stereocenters. The Morgan fingerprint density at radius 2 is 2.20 bits per heavy atom. The zero-order chi connectivity index (χ0) is 7.56. The molecule has 0 unspecified atom stereocenters. The number of rotatable bonds is 3. The molecule has 0 heterocycles. The molecular formula is C6H12N2O2. The summed E-state index contributed by atoms with van der Waals surface area (Å²) in [6, 6.07) is 0.262. The van der Waals surface area contributed by atoms with Crippen molar-refractivity contribution in [3.8, 4) is 0 Å². The molecule has 0 radical (unpaired) electrons. The molecule has 1 aliphatic carbocycles. The van der Waals surface area contributed by atoms with Gasteiger partial charge in [-0.2, -0.15) is 0 Å². The van der Waals surface area contributed by atoms with Crippen molar-refractivity contribution in [2.75, 3.05) is 6.61 Å². The summed E-state index contributed by atoms with van der Waals surface area (Å²) in [5, 5.41) is 0. The van der Waals surface area contributed by atoms with Crippen LogP contribution in [0.3, 0.4) is 0 Å². The largest absolute Gasteiger partial charge is 0.368 e. The number of nitrogens with two attached hydrogens (primary N) is 2. The average molecular weight is 144 g/mol. The predicted molar refractivity (Wildman–Crippen MR) is 36.1 cm³/mol. The maximum Gasteiger partial charge on any atom is 0.243 e. The Kier molecular flexibility index (Phi) is 2.24. The van der Waals surface area contributed by atoms with Gasteiger partial charge in [0.05, 0.1) is 6.10 Å². The van der Waals surface area contributed by atoms with Crippen molar-refractivity contribution >= 4 is 5.91 Å². The summed E-state index contributed by atoms with van der Waals surface area (Å²) in [4.78, 5) is 10.2. The molecular weight excluding hydrogens is 132 g/mol. The first-order valence-corrected chi connectivity index (χ1v) is 3.34. The number of ether oxygens (including phenoxy) is 1. The SMILES string of the molecule is NC(=O)COC1CC(N)C1. The molecule has 4 nitrogen and oxygen atoms in total. The molecule has 1 rings (SSSR count). The van der Waals surface area contributed by atoms with E-state index in [2.05, 4.69) is 0 Å². The molecule has 1 saturated carbocycles. The Balaban J connectivity index is 2.00. The molecule has 0 aromatic rings. The number of hydrogen-bond donors (Lipinski definition) is 2. The number of amides is 1. The standard InChI is InChI=1S/C6H12N2O2/c7-4-1-5(2-4)10-3-6(8)9/h4-5H,1-3,7H2,(H2,8,9). The van der Waals surface area contributed by atoms with Gasteiger partial charge in [0.1, 0.15) is 6.61 Å². The van der Waals surface area contributed by atoms with Crippen LogP contribution in [-0.2, 0) is 9.53 Å². The van der Waals surface area contributed by atoms with Crippen LogP contribution in [0, 0.1) is 0 Å². The van der Waals surface area contributed by atoms with Gasteiger partial charge in [-0.3, -0.25) is 4.79 Å². The van der Waals surface area contributed by atoms with Gasteiger partial charge in [-0.25, -0.2) is 0 Å². The smallest absolute Gasteiger partial charge is 0.243 e. The summed E-state index contributed by atoms with van der Waals surface area (Å²) < 4.78 is 5.06. The van der Waals surface area contributed by atoms with Crippen LogP contribution >= 0.6 is 0 Å². The van der Waals surface area contributed by atoms with Gasteiger partial charge in [0, 0.05) is 6.04 Å². The molecule has 10 heavy (non-hydrogen) atoms. The van der Waals surface area contributed by atoms with E-state index in [9.17, 15) is 4.79 Å². The minimum absolute atomic E-state index is 0.0252. The molecule has 0 aliphatic heterocycles. The molecule has 58 valence electrons. The van der Waals surface area contributed by atoms with E-state index in [0.717, 1.165) is 12.8 Å². The van der Waals surface area contributed by atoms with Gasteiger partial charge in [0.25, 0.3) is 0 Å². The van der Waals surface area contributed by atoms with Crippen molar-refractivity contribution in [2.24, 2.45) is 11.5 Å². The normalized spacial score (nSPS) is 31.3. The first-order chi connectivity index (χ1) is 4.68. The maximum absolute atomic E-state index is 10.2. The lowest BCUT2D eigenvalue weighted by molar-refractivity contribution is -0.126. The average Bonchev–Trinajstić information content (AvgIpc) is 1.77. The quantitative estimate of drug-likeness (QED) is 0.532. The van der Waals surface area contributed by atoms with E-state index in [1.807, 2.05) is 0 Å². The molecule has 4 heteroatoms. The molecule has 1 amide bonds. The van der Waals surface area contributed by atoms with Crippen LogP contribution < -0.4 is 11.5 Å². The third-order valence-corrected chi connectivity index (χ3v) is 1.59. The lowest BCUT2D eigenvalue weighted by atomic mass is 9.90. The minimum Gasteiger partial charge on any atom is -0.368 e. The predicted octanol–water partition coefficient (Wildman–Crippen LogP) is -1.02. The minimum atomic E-state index is -0.416. The van der Waals surface area contributed by atoms with Crippen molar-refractivity contribution in [2.45, 2.75) is 25.0 Å². The van der Waals surface area contributed by atoms with E-state index in [-0.39, 0.29) is 18.8 Å². The Morgan fingerprint density at radius 3 is 2.60 bits per heavy atom. The number of hydrogen-bond acceptors (Lipinski definition) is 3. The summed E-state index contributed by atoms with van der Waals surface area (Å²) in [7, 11) is 0. The second kappa shape index (κ2) is 2.98. The van der Waals surface area contributed by atoms with Crippen LogP contribution in [0.25, 0.3) is 0 Å². The van der Waals surface area contributed by atoms with Crippen LogP contribution in [0.5, 0.6) is 0 Å². The van der Waals surface area contributed by atoms with Gasteiger partial charge in [0.2, 0.25) is 5.91 Å².